The number of hydrogen-bond donors (Lipinski definition) is 0. The number of methoxy groups -OCH3 is 2. The van der Waals surface area contributed by atoms with E-state index in [-0.39, 0.29) is 27.4 Å². The minimum atomic E-state index is -0.703. The van der Waals surface area contributed by atoms with Gasteiger partial charge < -0.3 is 18.6 Å². The van der Waals surface area contributed by atoms with Gasteiger partial charge in [-0.05, 0) is 52.3 Å². The molecule has 0 saturated heterocycles. The number of esters is 1. The number of hydrogen-bond acceptors (Lipinski definition) is 10. The van der Waals surface area contributed by atoms with Crippen molar-refractivity contribution in [2.24, 2.45) is 5.10 Å². The molecule has 0 aliphatic rings. The molecule has 0 N–H and O–H groups in total. The van der Waals surface area contributed by atoms with E-state index in [1.54, 1.807) is 55.6 Å². The standard InChI is InChI=1S/C27H19BrN4O8/c1-37-21-8-5-9-22-17(21)12-23(40-22)26-30-19-7-4-3-6-16(19)27(34)31(26)29-13-15-10-18(28)25(20(11-15)32(35)36)39-14-24(33)38-2/h3-13H,14H2,1-2H3. The number of ether oxygens (including phenoxy) is 3. The summed E-state index contributed by atoms with van der Waals surface area (Å²) >= 11 is 3.24. The molecular weight excluding hydrogens is 588 g/mol. The minimum Gasteiger partial charge on any atom is -0.496 e. The Balaban J connectivity index is 1.64. The van der Waals surface area contributed by atoms with E-state index < -0.39 is 28.7 Å². The van der Waals surface area contributed by atoms with Crippen molar-refractivity contribution >= 4 is 55.7 Å². The Morgan fingerprint density at radius 3 is 2.70 bits per heavy atom. The quantitative estimate of drug-likeness (QED) is 0.104. The topological polar surface area (TPSA) is 148 Å². The summed E-state index contributed by atoms with van der Waals surface area (Å²) in [6, 6.07) is 16.5. The molecule has 13 heteroatoms. The Morgan fingerprint density at radius 1 is 1.15 bits per heavy atom. The molecule has 0 atom stereocenters. The maximum absolute atomic E-state index is 13.5. The van der Waals surface area contributed by atoms with Crippen LogP contribution in [0.2, 0.25) is 0 Å². The summed E-state index contributed by atoms with van der Waals surface area (Å²) in [5.41, 5.74) is 0.326. The zero-order valence-corrected chi connectivity index (χ0v) is 22.6. The number of carbonyl (C=O) groups excluding carboxylic acids is 1. The smallest absolute Gasteiger partial charge is 0.343 e. The van der Waals surface area contributed by atoms with Gasteiger partial charge in [0.15, 0.2) is 12.4 Å². The second kappa shape index (κ2) is 11.0. The molecule has 0 aliphatic heterocycles. The van der Waals surface area contributed by atoms with Crippen molar-refractivity contribution in [2.75, 3.05) is 20.8 Å². The molecule has 0 amide bonds. The predicted octanol–water partition coefficient (Wildman–Crippen LogP) is 4.92. The number of rotatable bonds is 8. The van der Waals surface area contributed by atoms with Crippen LogP contribution in [-0.2, 0) is 9.53 Å². The maximum atomic E-state index is 13.5. The first-order valence-electron chi connectivity index (χ1n) is 11.6. The molecule has 0 unspecified atom stereocenters. The Bertz CT molecular complexity index is 1880. The van der Waals surface area contributed by atoms with Crippen molar-refractivity contribution in [3.8, 4) is 23.1 Å². The zero-order chi connectivity index (χ0) is 28.4. The first kappa shape index (κ1) is 26.6. The van der Waals surface area contributed by atoms with E-state index in [0.29, 0.717) is 27.6 Å². The minimum absolute atomic E-state index is 0.116. The summed E-state index contributed by atoms with van der Waals surface area (Å²) < 4.78 is 22.5. The molecule has 0 aliphatic carbocycles. The number of para-hydroxylation sites is 1. The zero-order valence-electron chi connectivity index (χ0n) is 21.0. The van der Waals surface area contributed by atoms with Gasteiger partial charge in [0, 0.05) is 11.6 Å². The normalized spacial score (nSPS) is 11.3. The summed E-state index contributed by atoms with van der Waals surface area (Å²) in [4.78, 5) is 40.7. The van der Waals surface area contributed by atoms with Gasteiger partial charge in [-0.25, -0.2) is 9.78 Å². The summed E-state index contributed by atoms with van der Waals surface area (Å²) in [7, 11) is 2.72. The van der Waals surface area contributed by atoms with Crippen molar-refractivity contribution in [1.29, 1.82) is 0 Å². The lowest BCUT2D eigenvalue weighted by Gasteiger charge is -2.09. The van der Waals surface area contributed by atoms with Crippen LogP contribution in [-0.4, -0.2) is 47.6 Å². The number of fused-ring (bicyclic) bond motifs is 2. The summed E-state index contributed by atoms with van der Waals surface area (Å²) in [5.74, 6) is 0.0973. The maximum Gasteiger partial charge on any atom is 0.343 e. The molecule has 5 aromatic rings. The van der Waals surface area contributed by atoms with Gasteiger partial charge in [0.05, 0.1) is 46.1 Å². The second-order valence-corrected chi connectivity index (χ2v) is 9.12. The number of carbonyl (C=O) groups is 1. The van der Waals surface area contributed by atoms with E-state index in [1.165, 1.54) is 25.5 Å². The van der Waals surface area contributed by atoms with Crippen molar-refractivity contribution in [1.82, 2.24) is 9.66 Å². The molecule has 40 heavy (non-hydrogen) atoms. The Morgan fingerprint density at radius 2 is 1.95 bits per heavy atom. The largest absolute Gasteiger partial charge is 0.496 e. The molecule has 202 valence electrons. The van der Waals surface area contributed by atoms with E-state index in [4.69, 9.17) is 13.9 Å². The summed E-state index contributed by atoms with van der Waals surface area (Å²) in [6.07, 6.45) is 1.27. The molecule has 3 aromatic carbocycles. The van der Waals surface area contributed by atoms with Crippen molar-refractivity contribution < 1.29 is 28.3 Å². The third-order valence-corrected chi connectivity index (χ3v) is 6.43. The summed E-state index contributed by atoms with van der Waals surface area (Å²) in [5, 5.41) is 17.1. The lowest BCUT2D eigenvalue weighted by atomic mass is 10.2. The third kappa shape index (κ3) is 5.01. The number of halogens is 1. The van der Waals surface area contributed by atoms with Gasteiger partial charge in [-0.3, -0.25) is 14.9 Å². The van der Waals surface area contributed by atoms with Crippen molar-refractivity contribution in [3.05, 3.63) is 91.2 Å². The average molecular weight is 607 g/mol. The molecule has 0 fully saturated rings. The number of aromatic nitrogens is 2. The molecule has 0 bridgehead atoms. The van der Waals surface area contributed by atoms with E-state index in [9.17, 15) is 19.7 Å². The van der Waals surface area contributed by atoms with Crippen LogP contribution in [0.4, 0.5) is 5.69 Å². The molecule has 12 nitrogen and oxygen atoms in total. The number of nitro benzene ring substituents is 1. The lowest BCUT2D eigenvalue weighted by Crippen LogP contribution is -2.20. The van der Waals surface area contributed by atoms with Crippen LogP contribution < -0.4 is 15.0 Å². The predicted molar refractivity (Wildman–Crippen MR) is 149 cm³/mol. The van der Waals surface area contributed by atoms with Gasteiger partial charge in [0.2, 0.25) is 11.6 Å². The second-order valence-electron chi connectivity index (χ2n) is 8.27. The molecule has 0 saturated carbocycles. The number of nitrogens with zero attached hydrogens (tertiary/aromatic N) is 4. The number of furan rings is 1. The first-order valence-corrected chi connectivity index (χ1v) is 12.4. The van der Waals surface area contributed by atoms with Crippen LogP contribution in [0.25, 0.3) is 33.5 Å². The number of benzene rings is 3. The van der Waals surface area contributed by atoms with Crippen molar-refractivity contribution in [3.63, 3.8) is 0 Å². The van der Waals surface area contributed by atoms with Gasteiger partial charge in [0.1, 0.15) is 11.3 Å². The fourth-order valence-electron chi connectivity index (χ4n) is 3.98. The van der Waals surface area contributed by atoms with Gasteiger partial charge in [-0.15, -0.1) is 0 Å². The Kier molecular flexibility index (Phi) is 7.29. The highest BCUT2D eigenvalue weighted by Gasteiger charge is 2.22. The van der Waals surface area contributed by atoms with Gasteiger partial charge in [-0.2, -0.15) is 9.78 Å². The molecule has 0 radical (unpaired) electrons. The fourth-order valence-corrected chi connectivity index (χ4v) is 4.56. The fraction of sp³-hybridized carbons (Fsp3) is 0.111. The highest BCUT2D eigenvalue weighted by Crippen LogP contribution is 2.36. The Hall–Kier alpha value is -5.04. The monoisotopic (exact) mass is 606 g/mol. The molecule has 0 spiro atoms. The number of nitro groups is 1. The van der Waals surface area contributed by atoms with Gasteiger partial charge >= 0.3 is 11.7 Å². The Labute approximate surface area is 233 Å². The highest BCUT2D eigenvalue weighted by molar-refractivity contribution is 9.10. The van der Waals surface area contributed by atoms with Crippen LogP contribution in [0.15, 0.2) is 79.4 Å². The SMILES string of the molecule is COC(=O)COc1c(Br)cc(C=Nn2c(-c3cc4c(OC)cccc4o3)nc3ccccc3c2=O)cc1[N+](=O)[O-]. The lowest BCUT2D eigenvalue weighted by molar-refractivity contribution is -0.385. The van der Waals surface area contributed by atoms with Gasteiger partial charge in [0.25, 0.3) is 5.56 Å². The van der Waals surface area contributed by atoms with E-state index >= 15 is 0 Å². The molecule has 2 heterocycles. The highest BCUT2D eigenvalue weighted by atomic mass is 79.9. The van der Waals surface area contributed by atoms with E-state index in [2.05, 4.69) is 30.8 Å². The summed E-state index contributed by atoms with van der Waals surface area (Å²) in [6.45, 7) is -0.521. The van der Waals surface area contributed by atoms with Crippen LogP contribution in [0.3, 0.4) is 0 Å². The van der Waals surface area contributed by atoms with E-state index in [1.807, 2.05) is 0 Å². The van der Waals surface area contributed by atoms with Crippen LogP contribution in [0.5, 0.6) is 11.5 Å². The third-order valence-electron chi connectivity index (χ3n) is 5.84. The van der Waals surface area contributed by atoms with Crippen molar-refractivity contribution in [2.45, 2.75) is 0 Å². The average Bonchev–Trinajstić information content (AvgIpc) is 3.40. The van der Waals surface area contributed by atoms with Crippen LogP contribution in [0, 0.1) is 10.1 Å². The molecule has 5 rings (SSSR count). The molecule has 2 aromatic heterocycles. The van der Waals surface area contributed by atoms with Crippen LogP contribution in [0.1, 0.15) is 5.56 Å². The van der Waals surface area contributed by atoms with E-state index in [0.717, 1.165) is 4.68 Å². The molecular formula is C27H19BrN4O8. The first-order chi connectivity index (χ1) is 19.3. The van der Waals surface area contributed by atoms with Crippen LogP contribution >= 0.6 is 15.9 Å². The van der Waals surface area contributed by atoms with Gasteiger partial charge in [-0.1, -0.05) is 18.2 Å².